The lowest BCUT2D eigenvalue weighted by atomic mass is 9.95. The largest absolute Gasteiger partial charge is 0.490 e. The fourth-order valence-electron chi connectivity index (χ4n) is 2.88. The van der Waals surface area contributed by atoms with Gasteiger partial charge in [0.1, 0.15) is 0 Å². The molecule has 0 bridgehead atoms. The Morgan fingerprint density at radius 3 is 2.03 bits per heavy atom. The molecule has 1 aromatic rings. The van der Waals surface area contributed by atoms with E-state index >= 15 is 0 Å². The molecule has 1 saturated heterocycles. The van der Waals surface area contributed by atoms with Gasteiger partial charge in [-0.1, -0.05) is 6.92 Å². The maximum atomic E-state index is 12.5. The smallest absolute Gasteiger partial charge is 0.475 e. The first-order chi connectivity index (χ1) is 14.5. The lowest BCUT2D eigenvalue weighted by molar-refractivity contribution is -0.192. The number of hydrogen-bond acceptors (Lipinski definition) is 4. The van der Waals surface area contributed by atoms with Crippen LogP contribution in [0.15, 0.2) is 24.3 Å². The molecule has 0 saturated carbocycles. The number of rotatable bonds is 5. The van der Waals surface area contributed by atoms with E-state index in [4.69, 9.17) is 9.90 Å². The summed E-state index contributed by atoms with van der Waals surface area (Å²) < 4.78 is 31.7. The van der Waals surface area contributed by atoms with E-state index in [2.05, 4.69) is 10.6 Å². The number of piperidine rings is 1. The summed E-state index contributed by atoms with van der Waals surface area (Å²) in [5.41, 5.74) is 1.30. The molecule has 3 amide bonds. The number of halogens is 3. The first-order valence-electron chi connectivity index (χ1n) is 9.70. The van der Waals surface area contributed by atoms with Crippen LogP contribution in [0.2, 0.25) is 0 Å². The van der Waals surface area contributed by atoms with Gasteiger partial charge in [-0.3, -0.25) is 14.4 Å². The normalized spacial score (nSPS) is 14.2. The summed E-state index contributed by atoms with van der Waals surface area (Å²) in [6.45, 7) is 3.13. The summed E-state index contributed by atoms with van der Waals surface area (Å²) in [6, 6.07) is 6.96. The number of nitrogens with zero attached hydrogens (tertiary/aromatic N) is 1. The van der Waals surface area contributed by atoms with Gasteiger partial charge in [0.15, 0.2) is 0 Å². The predicted molar refractivity (Wildman–Crippen MR) is 106 cm³/mol. The first kappa shape index (κ1) is 25.9. The Morgan fingerprint density at radius 1 is 1.10 bits per heavy atom. The summed E-state index contributed by atoms with van der Waals surface area (Å²) in [6.07, 6.45) is -2.41. The van der Waals surface area contributed by atoms with Gasteiger partial charge < -0.3 is 20.6 Å². The predicted octanol–water partition coefficient (Wildman–Crippen LogP) is 2.66. The van der Waals surface area contributed by atoms with E-state index in [1.54, 1.807) is 36.2 Å². The molecule has 0 aromatic heterocycles. The molecule has 3 N–H and O–H groups in total. The van der Waals surface area contributed by atoms with Crippen molar-refractivity contribution in [2.45, 2.75) is 38.8 Å². The zero-order chi connectivity index (χ0) is 23.6. The lowest BCUT2D eigenvalue weighted by Crippen LogP contribution is -2.42. The Bertz CT molecular complexity index is 773. The van der Waals surface area contributed by atoms with Crippen LogP contribution in [-0.4, -0.2) is 60.0 Å². The number of nitrogens with one attached hydrogen (secondary N) is 2. The highest BCUT2D eigenvalue weighted by Gasteiger charge is 2.38. The molecule has 1 aliphatic rings. The van der Waals surface area contributed by atoms with E-state index in [1.807, 2.05) is 6.92 Å². The number of carboxylic acid groups (broad SMARTS) is 1. The molecular formula is C20H26F3N3O5. The topological polar surface area (TPSA) is 116 Å². The molecule has 1 heterocycles. The molecule has 0 aliphatic carbocycles. The van der Waals surface area contributed by atoms with Gasteiger partial charge in [-0.05, 0) is 43.5 Å². The van der Waals surface area contributed by atoms with Gasteiger partial charge in [0, 0.05) is 43.7 Å². The van der Waals surface area contributed by atoms with Crippen molar-refractivity contribution in [3.8, 4) is 0 Å². The minimum absolute atomic E-state index is 0.00444. The fourth-order valence-corrected chi connectivity index (χ4v) is 2.88. The third kappa shape index (κ3) is 8.65. The average Bonchev–Trinajstić information content (AvgIpc) is 2.73. The van der Waals surface area contributed by atoms with E-state index in [1.165, 1.54) is 0 Å². The SMILES string of the molecule is CCCC(=O)Nc1ccc(C(=O)N2CCC(C(=O)NC)CC2)cc1.O=C(O)C(F)(F)F. The van der Waals surface area contributed by atoms with Crippen LogP contribution in [-0.2, 0) is 14.4 Å². The minimum Gasteiger partial charge on any atom is -0.475 e. The number of aliphatic carboxylic acids is 1. The van der Waals surface area contributed by atoms with Crippen LogP contribution in [0.4, 0.5) is 18.9 Å². The fraction of sp³-hybridized carbons (Fsp3) is 0.500. The van der Waals surface area contributed by atoms with Crippen molar-refractivity contribution in [2.24, 2.45) is 5.92 Å². The summed E-state index contributed by atoms with van der Waals surface area (Å²) in [5, 5.41) is 12.6. The summed E-state index contributed by atoms with van der Waals surface area (Å²) in [4.78, 5) is 46.4. The number of anilines is 1. The number of carbonyl (C=O) groups excluding carboxylic acids is 3. The van der Waals surface area contributed by atoms with Crippen LogP contribution in [0.3, 0.4) is 0 Å². The molecule has 0 unspecified atom stereocenters. The Kier molecular flexibility index (Phi) is 9.97. The molecular weight excluding hydrogens is 419 g/mol. The maximum absolute atomic E-state index is 12.5. The molecule has 1 aromatic carbocycles. The molecule has 0 spiro atoms. The van der Waals surface area contributed by atoms with Crippen molar-refractivity contribution >= 4 is 29.4 Å². The van der Waals surface area contributed by atoms with E-state index in [9.17, 15) is 27.6 Å². The molecule has 8 nitrogen and oxygen atoms in total. The first-order valence-corrected chi connectivity index (χ1v) is 9.70. The Hall–Kier alpha value is -3.11. The third-order valence-electron chi connectivity index (χ3n) is 4.53. The van der Waals surface area contributed by atoms with Gasteiger partial charge in [0.05, 0.1) is 0 Å². The van der Waals surface area contributed by atoms with Crippen molar-refractivity contribution in [3.05, 3.63) is 29.8 Å². The molecule has 1 aliphatic heterocycles. The molecule has 172 valence electrons. The number of carbonyl (C=O) groups is 4. The second-order valence-electron chi connectivity index (χ2n) is 6.86. The lowest BCUT2D eigenvalue weighted by Gasteiger charge is -2.31. The number of likely N-dealkylation sites (tertiary alicyclic amines) is 1. The van der Waals surface area contributed by atoms with Crippen molar-refractivity contribution in [2.75, 3.05) is 25.5 Å². The minimum atomic E-state index is -5.08. The second-order valence-corrected chi connectivity index (χ2v) is 6.86. The van der Waals surface area contributed by atoms with Crippen molar-refractivity contribution < 1.29 is 37.5 Å². The molecule has 31 heavy (non-hydrogen) atoms. The van der Waals surface area contributed by atoms with Crippen molar-refractivity contribution in [1.82, 2.24) is 10.2 Å². The highest BCUT2D eigenvalue weighted by Crippen LogP contribution is 2.20. The van der Waals surface area contributed by atoms with Crippen LogP contribution in [0.1, 0.15) is 43.0 Å². The third-order valence-corrected chi connectivity index (χ3v) is 4.53. The van der Waals surface area contributed by atoms with E-state index in [0.717, 1.165) is 6.42 Å². The van der Waals surface area contributed by atoms with Gasteiger partial charge in [-0.2, -0.15) is 13.2 Å². The van der Waals surface area contributed by atoms with Crippen LogP contribution >= 0.6 is 0 Å². The van der Waals surface area contributed by atoms with Crippen LogP contribution < -0.4 is 10.6 Å². The molecule has 1 fully saturated rings. The number of hydrogen-bond donors (Lipinski definition) is 3. The highest BCUT2D eigenvalue weighted by molar-refractivity contribution is 5.96. The molecule has 11 heteroatoms. The molecule has 0 atom stereocenters. The van der Waals surface area contributed by atoms with E-state index in [-0.39, 0.29) is 23.6 Å². The standard InChI is InChI=1S/C18H25N3O3.C2HF3O2/c1-3-4-16(22)20-15-7-5-14(6-8-15)18(24)21-11-9-13(10-12-21)17(23)19-2;3-2(4,5)1(6)7/h5-8,13H,3-4,9-12H2,1-2H3,(H,19,23)(H,20,22);(H,6,7). The number of carboxylic acids is 1. The summed E-state index contributed by atoms with van der Waals surface area (Å²) in [7, 11) is 1.64. The van der Waals surface area contributed by atoms with Gasteiger partial charge in [-0.25, -0.2) is 4.79 Å². The Balaban J connectivity index is 0.000000592. The zero-order valence-corrected chi connectivity index (χ0v) is 17.3. The van der Waals surface area contributed by atoms with E-state index < -0.39 is 12.1 Å². The van der Waals surface area contributed by atoms with Crippen molar-refractivity contribution in [1.29, 1.82) is 0 Å². The van der Waals surface area contributed by atoms with Gasteiger partial charge in [-0.15, -0.1) is 0 Å². The van der Waals surface area contributed by atoms with Gasteiger partial charge in [0.25, 0.3) is 5.91 Å². The van der Waals surface area contributed by atoms with Gasteiger partial charge in [0.2, 0.25) is 11.8 Å². The zero-order valence-electron chi connectivity index (χ0n) is 17.3. The quantitative estimate of drug-likeness (QED) is 0.645. The molecule has 2 rings (SSSR count). The number of alkyl halides is 3. The Labute approximate surface area is 177 Å². The summed E-state index contributed by atoms with van der Waals surface area (Å²) >= 11 is 0. The van der Waals surface area contributed by atoms with E-state index in [0.29, 0.717) is 43.6 Å². The number of benzene rings is 1. The molecule has 0 radical (unpaired) electrons. The van der Waals surface area contributed by atoms with Crippen molar-refractivity contribution in [3.63, 3.8) is 0 Å². The highest BCUT2D eigenvalue weighted by atomic mass is 19.4. The van der Waals surface area contributed by atoms with Crippen LogP contribution in [0.25, 0.3) is 0 Å². The van der Waals surface area contributed by atoms with Crippen LogP contribution in [0.5, 0.6) is 0 Å². The van der Waals surface area contributed by atoms with Crippen LogP contribution in [0, 0.1) is 5.92 Å². The second kappa shape index (κ2) is 11.9. The monoisotopic (exact) mass is 445 g/mol. The Morgan fingerprint density at radius 2 is 1.61 bits per heavy atom. The van der Waals surface area contributed by atoms with Gasteiger partial charge >= 0.3 is 12.1 Å². The number of amides is 3. The average molecular weight is 445 g/mol. The maximum Gasteiger partial charge on any atom is 0.490 e. The summed E-state index contributed by atoms with van der Waals surface area (Å²) in [5.74, 6) is -2.76.